The summed E-state index contributed by atoms with van der Waals surface area (Å²) in [6.07, 6.45) is 2.10. The first kappa shape index (κ1) is 12.7. The third-order valence-corrected chi connectivity index (χ3v) is 3.39. The number of halogens is 1. The SMILES string of the molecule is O=C(Nc1ccc2c(c1)CCCN2)c1cccc(F)c1. The topological polar surface area (TPSA) is 41.1 Å². The predicted octanol–water partition coefficient (Wildman–Crippen LogP) is 3.44. The van der Waals surface area contributed by atoms with Gasteiger partial charge in [0.2, 0.25) is 0 Å². The number of amides is 1. The van der Waals surface area contributed by atoms with E-state index in [-0.39, 0.29) is 5.91 Å². The van der Waals surface area contributed by atoms with Crippen molar-refractivity contribution in [1.82, 2.24) is 0 Å². The quantitative estimate of drug-likeness (QED) is 0.877. The molecule has 1 amide bonds. The molecule has 0 aliphatic carbocycles. The molecule has 2 aromatic rings. The lowest BCUT2D eigenvalue weighted by atomic mass is 10.0. The van der Waals surface area contributed by atoms with Crippen molar-refractivity contribution in [3.8, 4) is 0 Å². The number of anilines is 2. The van der Waals surface area contributed by atoms with Crippen LogP contribution in [0.5, 0.6) is 0 Å². The van der Waals surface area contributed by atoms with Crippen LogP contribution >= 0.6 is 0 Å². The van der Waals surface area contributed by atoms with Gasteiger partial charge in [-0.15, -0.1) is 0 Å². The van der Waals surface area contributed by atoms with Gasteiger partial charge in [0.05, 0.1) is 0 Å². The van der Waals surface area contributed by atoms with E-state index in [9.17, 15) is 9.18 Å². The number of carbonyl (C=O) groups is 1. The fourth-order valence-corrected chi connectivity index (χ4v) is 2.39. The molecule has 0 aromatic heterocycles. The summed E-state index contributed by atoms with van der Waals surface area (Å²) in [6.45, 7) is 0.988. The van der Waals surface area contributed by atoms with Crippen LogP contribution < -0.4 is 10.6 Å². The third-order valence-electron chi connectivity index (χ3n) is 3.39. The second kappa shape index (κ2) is 5.33. The van der Waals surface area contributed by atoms with Crippen LogP contribution in [0.1, 0.15) is 22.3 Å². The van der Waals surface area contributed by atoms with E-state index >= 15 is 0 Å². The number of hydrogen-bond acceptors (Lipinski definition) is 2. The highest BCUT2D eigenvalue weighted by Crippen LogP contribution is 2.25. The summed E-state index contributed by atoms with van der Waals surface area (Å²) in [7, 11) is 0. The Morgan fingerprint density at radius 3 is 2.95 bits per heavy atom. The van der Waals surface area contributed by atoms with E-state index in [4.69, 9.17) is 0 Å². The molecule has 0 unspecified atom stereocenters. The molecule has 0 saturated heterocycles. The molecule has 0 saturated carbocycles. The Morgan fingerprint density at radius 2 is 2.10 bits per heavy atom. The van der Waals surface area contributed by atoms with Gasteiger partial charge >= 0.3 is 0 Å². The Balaban J connectivity index is 1.79. The van der Waals surface area contributed by atoms with E-state index in [1.165, 1.54) is 23.8 Å². The highest BCUT2D eigenvalue weighted by atomic mass is 19.1. The smallest absolute Gasteiger partial charge is 0.255 e. The standard InChI is InChI=1S/C16H15FN2O/c17-13-5-1-3-12(9-13)16(20)19-14-6-7-15-11(10-14)4-2-8-18-15/h1,3,5-7,9-10,18H,2,4,8H2,(H,19,20). The van der Waals surface area contributed by atoms with Crippen molar-refractivity contribution in [2.24, 2.45) is 0 Å². The molecule has 2 N–H and O–H groups in total. The number of rotatable bonds is 2. The number of nitrogens with one attached hydrogen (secondary N) is 2. The second-order valence-electron chi connectivity index (χ2n) is 4.87. The van der Waals surface area contributed by atoms with Gasteiger partial charge in [0.1, 0.15) is 5.82 Å². The summed E-state index contributed by atoms with van der Waals surface area (Å²) in [5.74, 6) is -0.708. The summed E-state index contributed by atoms with van der Waals surface area (Å²) < 4.78 is 13.1. The van der Waals surface area contributed by atoms with Crippen molar-refractivity contribution >= 4 is 17.3 Å². The van der Waals surface area contributed by atoms with Crippen LogP contribution in [0.2, 0.25) is 0 Å². The Bertz CT molecular complexity index is 655. The number of hydrogen-bond donors (Lipinski definition) is 2. The summed E-state index contributed by atoms with van der Waals surface area (Å²) in [5.41, 5.74) is 3.39. The van der Waals surface area contributed by atoms with Crippen molar-refractivity contribution in [2.75, 3.05) is 17.2 Å². The molecule has 1 aliphatic rings. The number of fused-ring (bicyclic) bond motifs is 1. The number of benzene rings is 2. The Hall–Kier alpha value is -2.36. The van der Waals surface area contributed by atoms with Crippen LogP contribution in [0.3, 0.4) is 0 Å². The average molecular weight is 270 g/mol. The molecule has 3 rings (SSSR count). The molecule has 0 bridgehead atoms. The van der Waals surface area contributed by atoms with Crippen LogP contribution in [0.25, 0.3) is 0 Å². The zero-order valence-electron chi connectivity index (χ0n) is 10.9. The minimum atomic E-state index is -0.410. The first-order chi connectivity index (χ1) is 9.72. The average Bonchev–Trinajstić information content (AvgIpc) is 2.47. The molecule has 3 nitrogen and oxygen atoms in total. The Labute approximate surface area is 116 Å². The lowest BCUT2D eigenvalue weighted by Gasteiger charge is -2.18. The summed E-state index contributed by atoms with van der Waals surface area (Å²) >= 11 is 0. The zero-order chi connectivity index (χ0) is 13.9. The monoisotopic (exact) mass is 270 g/mol. The van der Waals surface area contributed by atoms with Gasteiger partial charge in [-0.1, -0.05) is 6.07 Å². The fourth-order valence-electron chi connectivity index (χ4n) is 2.39. The van der Waals surface area contributed by atoms with E-state index in [0.29, 0.717) is 5.56 Å². The van der Waals surface area contributed by atoms with Gasteiger partial charge in [-0.3, -0.25) is 4.79 Å². The van der Waals surface area contributed by atoms with Gasteiger partial charge in [-0.25, -0.2) is 4.39 Å². The molecular formula is C16H15FN2O. The highest BCUT2D eigenvalue weighted by molar-refractivity contribution is 6.04. The van der Waals surface area contributed by atoms with Crippen molar-refractivity contribution < 1.29 is 9.18 Å². The second-order valence-corrected chi connectivity index (χ2v) is 4.87. The van der Waals surface area contributed by atoms with Gasteiger partial charge in [0.25, 0.3) is 5.91 Å². The molecule has 4 heteroatoms. The third kappa shape index (κ3) is 2.64. The summed E-state index contributed by atoms with van der Waals surface area (Å²) in [6, 6.07) is 11.5. The van der Waals surface area contributed by atoms with Crippen LogP contribution in [-0.4, -0.2) is 12.5 Å². The van der Waals surface area contributed by atoms with Crippen molar-refractivity contribution in [1.29, 1.82) is 0 Å². The normalized spacial score (nSPS) is 13.2. The maximum atomic E-state index is 13.1. The molecular weight excluding hydrogens is 255 g/mol. The summed E-state index contributed by atoms with van der Waals surface area (Å²) in [4.78, 5) is 12.0. The number of aryl methyl sites for hydroxylation is 1. The van der Waals surface area contributed by atoms with E-state index < -0.39 is 5.82 Å². The first-order valence-electron chi connectivity index (χ1n) is 6.66. The van der Waals surface area contributed by atoms with Crippen LogP contribution in [0.15, 0.2) is 42.5 Å². The lowest BCUT2D eigenvalue weighted by molar-refractivity contribution is 0.102. The molecule has 1 heterocycles. The molecule has 0 fully saturated rings. The Morgan fingerprint density at radius 1 is 1.20 bits per heavy atom. The lowest BCUT2D eigenvalue weighted by Crippen LogP contribution is -2.14. The van der Waals surface area contributed by atoms with Crippen molar-refractivity contribution in [2.45, 2.75) is 12.8 Å². The van der Waals surface area contributed by atoms with Gasteiger partial charge in [-0.2, -0.15) is 0 Å². The molecule has 1 aliphatic heterocycles. The van der Waals surface area contributed by atoms with E-state index in [2.05, 4.69) is 10.6 Å². The molecule has 0 radical (unpaired) electrons. The largest absolute Gasteiger partial charge is 0.385 e. The minimum Gasteiger partial charge on any atom is -0.385 e. The zero-order valence-corrected chi connectivity index (χ0v) is 10.9. The summed E-state index contributed by atoms with van der Waals surface area (Å²) in [5, 5.41) is 6.12. The van der Waals surface area contributed by atoms with Gasteiger partial charge in [0, 0.05) is 23.5 Å². The van der Waals surface area contributed by atoms with Crippen molar-refractivity contribution in [3.05, 3.63) is 59.4 Å². The van der Waals surface area contributed by atoms with E-state index in [1.807, 2.05) is 18.2 Å². The molecule has 0 atom stereocenters. The first-order valence-corrected chi connectivity index (χ1v) is 6.66. The van der Waals surface area contributed by atoms with Crippen LogP contribution in [0, 0.1) is 5.82 Å². The maximum Gasteiger partial charge on any atom is 0.255 e. The number of carbonyl (C=O) groups excluding carboxylic acids is 1. The van der Waals surface area contributed by atoms with Crippen LogP contribution in [-0.2, 0) is 6.42 Å². The van der Waals surface area contributed by atoms with Gasteiger partial charge in [0.15, 0.2) is 0 Å². The maximum absolute atomic E-state index is 13.1. The predicted molar refractivity (Wildman–Crippen MR) is 77.6 cm³/mol. The van der Waals surface area contributed by atoms with E-state index in [1.54, 1.807) is 6.07 Å². The van der Waals surface area contributed by atoms with Crippen molar-refractivity contribution in [3.63, 3.8) is 0 Å². The molecule has 2 aromatic carbocycles. The van der Waals surface area contributed by atoms with Crippen LogP contribution in [0.4, 0.5) is 15.8 Å². The van der Waals surface area contributed by atoms with Gasteiger partial charge in [-0.05, 0) is 54.8 Å². The fraction of sp³-hybridized carbons (Fsp3) is 0.188. The highest BCUT2D eigenvalue weighted by Gasteiger charge is 2.11. The minimum absolute atomic E-state index is 0.298. The van der Waals surface area contributed by atoms with Gasteiger partial charge < -0.3 is 10.6 Å². The molecule has 20 heavy (non-hydrogen) atoms. The molecule has 102 valence electrons. The Kier molecular flexibility index (Phi) is 3.37. The molecule has 0 spiro atoms. The van der Waals surface area contributed by atoms with E-state index in [0.717, 1.165) is 30.8 Å².